The molecule has 5 heterocycles. The fourth-order valence-corrected chi connectivity index (χ4v) is 9.66. The molecule has 2 bridgehead atoms. The van der Waals surface area contributed by atoms with Crippen LogP contribution >= 0.6 is 0 Å². The molecule has 4 atom stereocenters. The van der Waals surface area contributed by atoms with E-state index in [0.29, 0.717) is 114 Å². The molecule has 7 aliphatic rings. The molecule has 0 aromatic heterocycles. The first-order valence-corrected chi connectivity index (χ1v) is 26.5. The maximum absolute atomic E-state index is 14.0. The van der Waals surface area contributed by atoms with Crippen molar-refractivity contribution in [1.82, 2.24) is 51.5 Å². The summed E-state index contributed by atoms with van der Waals surface area (Å²) < 4.78 is 0. The third-order valence-electron chi connectivity index (χ3n) is 14.2. The molecule has 0 aromatic rings. The molecule has 77 heavy (non-hydrogen) atoms. The van der Waals surface area contributed by atoms with Crippen molar-refractivity contribution in [2.45, 2.75) is 127 Å². The summed E-state index contributed by atoms with van der Waals surface area (Å²) in [7, 11) is 0. The van der Waals surface area contributed by atoms with Crippen LogP contribution in [0.5, 0.6) is 0 Å². The van der Waals surface area contributed by atoms with Crippen molar-refractivity contribution >= 4 is 70.9 Å². The van der Waals surface area contributed by atoms with Gasteiger partial charge in [-0.2, -0.15) is 0 Å². The summed E-state index contributed by atoms with van der Waals surface area (Å²) in [6.45, 7) is 10.4. The molecule has 2 unspecified atom stereocenters. The van der Waals surface area contributed by atoms with Gasteiger partial charge in [-0.1, -0.05) is 13.2 Å². The molecule has 23 heteroatoms. The van der Waals surface area contributed by atoms with Crippen LogP contribution in [-0.2, 0) is 57.5 Å². The minimum atomic E-state index is -1.34. The number of carbonyl (C=O) groups is 12. The summed E-state index contributed by atoms with van der Waals surface area (Å²) in [4.78, 5) is 154. The molecule has 8 N–H and O–H groups in total. The number of hydrogen-bond donors (Lipinski definition) is 7. The van der Waals surface area contributed by atoms with Gasteiger partial charge >= 0.3 is 0 Å². The molecule has 0 spiro atoms. The molecule has 1 saturated carbocycles. The van der Waals surface area contributed by atoms with Crippen molar-refractivity contribution in [1.29, 1.82) is 0 Å². The van der Waals surface area contributed by atoms with Crippen LogP contribution in [0.2, 0.25) is 0 Å². The lowest BCUT2D eigenvalue weighted by Gasteiger charge is -2.24. The van der Waals surface area contributed by atoms with E-state index in [2.05, 4.69) is 45.1 Å². The second kappa shape index (κ2) is 27.7. The Balaban J connectivity index is 0.946. The van der Waals surface area contributed by atoms with E-state index in [1.807, 2.05) is 12.2 Å². The number of carbonyl (C=O) groups excluding carboxylic acids is 12. The van der Waals surface area contributed by atoms with Gasteiger partial charge in [0.2, 0.25) is 29.5 Å². The maximum Gasteiger partial charge on any atom is 0.258 e. The van der Waals surface area contributed by atoms with E-state index in [1.54, 1.807) is 4.90 Å². The van der Waals surface area contributed by atoms with Crippen LogP contribution < -0.4 is 37.6 Å². The van der Waals surface area contributed by atoms with Gasteiger partial charge in [-0.15, -0.1) is 0 Å². The molecule has 23 nitrogen and oxygen atoms in total. The van der Waals surface area contributed by atoms with Gasteiger partial charge < -0.3 is 42.5 Å². The molecule has 0 saturated heterocycles. The van der Waals surface area contributed by atoms with Crippen molar-refractivity contribution in [2.24, 2.45) is 11.7 Å². The highest BCUT2D eigenvalue weighted by molar-refractivity contribution is 6.14. The lowest BCUT2D eigenvalue weighted by atomic mass is 10.0. The fraction of sp³-hybridized carbons (Fsp3) is 0.519. The average Bonchev–Trinajstić information content (AvgIpc) is 3.72. The van der Waals surface area contributed by atoms with E-state index in [9.17, 15) is 57.5 Å². The Morgan fingerprint density at radius 2 is 0.987 bits per heavy atom. The Hall–Kier alpha value is -7.98. The number of nitrogens with two attached hydrogens (primary N) is 1. The molecule has 5 aliphatic heterocycles. The third kappa shape index (κ3) is 16.5. The van der Waals surface area contributed by atoms with Gasteiger partial charge in [0, 0.05) is 124 Å². The molecule has 12 amide bonds. The van der Waals surface area contributed by atoms with Gasteiger partial charge in [0.05, 0.1) is 6.04 Å². The SMILES string of the molecule is C=C(CCCN1C(=O)C=CC1=O)NCCCC[C@H](NC(=O)CCCN1C(=O)C=CC1=O)C(=O)N[C@@]1(C(N)=O)CC1CCCNC(=C)C(CCCCNC(=O)CCCN1C(=O)C=CC1=O)NC(=O)CCCN1C(=O)C2=CC1=C2. The van der Waals surface area contributed by atoms with Crippen molar-refractivity contribution < 1.29 is 57.5 Å². The first kappa shape index (κ1) is 58.3. The van der Waals surface area contributed by atoms with Crippen LogP contribution in [-0.4, -0.2) is 154 Å². The Morgan fingerprint density at radius 3 is 1.48 bits per heavy atom. The van der Waals surface area contributed by atoms with E-state index in [-0.39, 0.29) is 93.6 Å². The number of primary amides is 1. The molecule has 1 fully saturated rings. The number of nitrogens with one attached hydrogen (secondary N) is 6. The Morgan fingerprint density at radius 1 is 0.545 bits per heavy atom. The Kier molecular flexibility index (Phi) is 21.0. The number of fused-ring (bicyclic) bond motifs is 1. The largest absolute Gasteiger partial charge is 0.389 e. The van der Waals surface area contributed by atoms with Gasteiger partial charge in [-0.05, 0) is 108 Å². The third-order valence-corrected chi connectivity index (χ3v) is 14.2. The second-order valence-corrected chi connectivity index (χ2v) is 20.0. The average molecular weight is 1070 g/mol. The number of rotatable bonds is 38. The van der Waals surface area contributed by atoms with E-state index >= 15 is 0 Å². The summed E-state index contributed by atoms with van der Waals surface area (Å²) in [5.74, 6) is -5.00. The molecule has 2 aliphatic carbocycles. The normalized spacial score (nSPS) is 19.6. The standard InChI is InChI=1S/C54H71N11O12/c1-35(12-8-29-63-45(69)19-20-46(63)70)56-25-5-4-15-41(60-44(68)18-11-31-65-49(73)23-24-50(65)74)51(75)61-54(53(55)77)34-38(54)13-7-27-57-36(2)40(59-43(67)17-10-28-62-39-32-37(33-39)52(62)76)14-3-6-26-58-42(66)16-9-30-64-47(71)21-22-48(64)72/h19-24,32-33,38,40-41,56-57H,1-18,25-31,34H2,(H2,55,77)(H,58,66)(H,59,67)(H,60,68)(H,61,75)/t38?,40?,41-,54-/m0/s1. The number of unbranched alkanes of at least 4 members (excludes halogenated alkanes) is 2. The summed E-state index contributed by atoms with van der Waals surface area (Å²) in [6.07, 6.45) is 17.3. The van der Waals surface area contributed by atoms with Crippen molar-refractivity contribution in [2.75, 3.05) is 45.8 Å². The van der Waals surface area contributed by atoms with Crippen LogP contribution in [0, 0.1) is 5.92 Å². The van der Waals surface area contributed by atoms with Crippen LogP contribution in [0.3, 0.4) is 0 Å². The molecule has 0 aromatic carbocycles. The van der Waals surface area contributed by atoms with Gasteiger partial charge in [0.15, 0.2) is 0 Å². The maximum atomic E-state index is 14.0. The summed E-state index contributed by atoms with van der Waals surface area (Å²) >= 11 is 0. The zero-order valence-corrected chi connectivity index (χ0v) is 43.5. The summed E-state index contributed by atoms with van der Waals surface area (Å²) in [5.41, 5.74) is 7.36. The second-order valence-electron chi connectivity index (χ2n) is 20.0. The topological polar surface area (TPSA) is 316 Å². The number of imide groups is 3. The molecule has 0 radical (unpaired) electrons. The van der Waals surface area contributed by atoms with Crippen molar-refractivity contribution in [3.05, 3.63) is 84.4 Å². The summed E-state index contributed by atoms with van der Waals surface area (Å²) in [6, 6.07) is -1.52. The van der Waals surface area contributed by atoms with Crippen molar-refractivity contribution in [3.8, 4) is 0 Å². The predicted octanol–water partition coefficient (Wildman–Crippen LogP) is 0.322. The smallest absolute Gasteiger partial charge is 0.258 e. The van der Waals surface area contributed by atoms with Crippen LogP contribution in [0.1, 0.15) is 109 Å². The van der Waals surface area contributed by atoms with Crippen LogP contribution in [0.15, 0.2) is 84.4 Å². The minimum absolute atomic E-state index is 0.0227. The highest BCUT2D eigenvalue weighted by atomic mass is 16.2. The Bertz CT molecular complexity index is 2510. The van der Waals surface area contributed by atoms with E-state index in [4.69, 9.17) is 5.73 Å². The van der Waals surface area contributed by atoms with E-state index in [0.717, 1.165) is 32.5 Å². The zero-order chi connectivity index (χ0) is 55.6. The minimum Gasteiger partial charge on any atom is -0.389 e. The first-order chi connectivity index (χ1) is 36.9. The summed E-state index contributed by atoms with van der Waals surface area (Å²) in [5, 5.41) is 18.1. The number of hydrogen-bond acceptors (Lipinski definition) is 14. The highest BCUT2D eigenvalue weighted by Gasteiger charge is 2.60. The number of nitrogens with zero attached hydrogens (tertiary/aromatic N) is 4. The lowest BCUT2D eigenvalue weighted by molar-refractivity contribution is -0.138. The zero-order valence-electron chi connectivity index (χ0n) is 43.5. The highest BCUT2D eigenvalue weighted by Crippen LogP contribution is 2.46. The van der Waals surface area contributed by atoms with Crippen molar-refractivity contribution in [3.63, 3.8) is 0 Å². The molecule has 414 valence electrons. The molecular weight excluding hydrogens is 995 g/mol. The predicted molar refractivity (Wildman–Crippen MR) is 279 cm³/mol. The van der Waals surface area contributed by atoms with Gasteiger partial charge in [0.25, 0.3) is 41.4 Å². The number of amides is 12. The number of allylic oxidation sites excluding steroid dienone is 2. The molecular formula is C54H71N11O12. The van der Waals surface area contributed by atoms with Gasteiger partial charge in [-0.25, -0.2) is 0 Å². The quantitative estimate of drug-likeness (QED) is 0.0324. The first-order valence-electron chi connectivity index (χ1n) is 26.5. The van der Waals surface area contributed by atoms with Gasteiger partial charge in [0.1, 0.15) is 11.6 Å². The fourth-order valence-electron chi connectivity index (χ4n) is 9.66. The van der Waals surface area contributed by atoms with E-state index < -0.39 is 59.0 Å². The monoisotopic (exact) mass is 1070 g/mol. The van der Waals surface area contributed by atoms with E-state index in [1.165, 1.54) is 24.3 Å². The lowest BCUT2D eigenvalue weighted by Crippen LogP contribution is -2.55. The van der Waals surface area contributed by atoms with Crippen LogP contribution in [0.4, 0.5) is 0 Å². The van der Waals surface area contributed by atoms with Crippen LogP contribution in [0.25, 0.3) is 0 Å². The molecule has 7 rings (SSSR count). The van der Waals surface area contributed by atoms with Gasteiger partial charge in [-0.3, -0.25) is 72.2 Å². The Labute approximate surface area is 447 Å².